The molecule has 9 heteroatoms. The summed E-state index contributed by atoms with van der Waals surface area (Å²) >= 11 is 7.38. The van der Waals surface area contributed by atoms with Crippen LogP contribution in [-0.4, -0.2) is 29.8 Å². The molecule has 1 spiro atoms. The second kappa shape index (κ2) is 7.89. The van der Waals surface area contributed by atoms with E-state index in [0.717, 1.165) is 31.4 Å². The van der Waals surface area contributed by atoms with Crippen molar-refractivity contribution >= 4 is 34.8 Å². The zero-order valence-corrected chi connectivity index (χ0v) is 17.5. The van der Waals surface area contributed by atoms with E-state index in [0.29, 0.717) is 28.6 Å². The van der Waals surface area contributed by atoms with Gasteiger partial charge >= 0.3 is 6.18 Å². The zero-order valence-electron chi connectivity index (χ0n) is 16.0. The highest BCUT2D eigenvalue weighted by Crippen LogP contribution is 2.59. The number of nitrogens with zero attached hydrogens (tertiary/aromatic N) is 1. The molecule has 2 amide bonds. The van der Waals surface area contributed by atoms with Crippen LogP contribution in [0, 0.1) is 11.3 Å². The van der Waals surface area contributed by atoms with Crippen molar-refractivity contribution in [2.45, 2.75) is 32.0 Å². The predicted octanol–water partition coefficient (Wildman–Crippen LogP) is 4.98. The third-order valence-corrected chi connectivity index (χ3v) is 7.41. The normalized spacial score (nSPS) is 20.3. The summed E-state index contributed by atoms with van der Waals surface area (Å²) < 4.78 is 38.5. The van der Waals surface area contributed by atoms with E-state index in [1.165, 1.54) is 17.4 Å². The molecule has 1 atom stereocenters. The molecule has 4 rings (SSSR count). The standard InChI is InChI=1S/C21H20ClF3N2O2S/c22-16-4-9-30-17(16)19(29)27-7-5-20(6-8-27)11-15(20)18(28)26-12-13-2-1-3-14(10-13)21(23,24)25/h1-4,9-10,15H,5-8,11-12H2,(H,26,28)/t15-/m0/s1. The molecule has 1 aliphatic carbocycles. The minimum Gasteiger partial charge on any atom is -0.352 e. The number of thiophene rings is 1. The van der Waals surface area contributed by atoms with Crippen LogP contribution in [0.3, 0.4) is 0 Å². The number of hydrogen-bond donors (Lipinski definition) is 1. The fourth-order valence-electron chi connectivity index (χ4n) is 4.19. The van der Waals surface area contributed by atoms with Crippen molar-refractivity contribution in [3.63, 3.8) is 0 Å². The highest BCUT2D eigenvalue weighted by molar-refractivity contribution is 7.12. The van der Waals surface area contributed by atoms with Crippen molar-refractivity contribution in [1.29, 1.82) is 0 Å². The zero-order chi connectivity index (χ0) is 21.5. The average molecular weight is 457 g/mol. The molecule has 1 saturated carbocycles. The van der Waals surface area contributed by atoms with E-state index in [4.69, 9.17) is 11.6 Å². The lowest BCUT2D eigenvalue weighted by Gasteiger charge is -2.32. The molecule has 2 fully saturated rings. The van der Waals surface area contributed by atoms with Gasteiger partial charge in [-0.05, 0) is 53.8 Å². The van der Waals surface area contributed by atoms with Crippen LogP contribution in [0.1, 0.15) is 40.1 Å². The highest BCUT2D eigenvalue weighted by Gasteiger charge is 2.58. The summed E-state index contributed by atoms with van der Waals surface area (Å²) in [4.78, 5) is 27.4. The van der Waals surface area contributed by atoms with E-state index in [1.54, 1.807) is 22.4 Å². The Balaban J connectivity index is 1.29. The Morgan fingerprint density at radius 1 is 1.23 bits per heavy atom. The molecule has 0 radical (unpaired) electrons. The van der Waals surface area contributed by atoms with E-state index in [2.05, 4.69) is 5.32 Å². The second-order valence-electron chi connectivity index (χ2n) is 7.92. The van der Waals surface area contributed by atoms with Crippen molar-refractivity contribution in [3.8, 4) is 0 Å². The van der Waals surface area contributed by atoms with E-state index >= 15 is 0 Å². The molecule has 1 aromatic carbocycles. The van der Waals surface area contributed by atoms with Gasteiger partial charge in [0.1, 0.15) is 4.88 Å². The average Bonchev–Trinajstić information content (AvgIpc) is 3.24. The van der Waals surface area contributed by atoms with Crippen LogP contribution >= 0.6 is 22.9 Å². The van der Waals surface area contributed by atoms with Crippen LogP contribution in [0.25, 0.3) is 0 Å². The lowest BCUT2D eigenvalue weighted by molar-refractivity contribution is -0.137. The Morgan fingerprint density at radius 3 is 2.60 bits per heavy atom. The van der Waals surface area contributed by atoms with Crippen molar-refractivity contribution in [2.24, 2.45) is 11.3 Å². The second-order valence-corrected chi connectivity index (χ2v) is 9.25. The number of halogens is 4. The Labute approximate surface area is 181 Å². The summed E-state index contributed by atoms with van der Waals surface area (Å²) in [5, 5.41) is 5.02. The molecule has 1 saturated heterocycles. The molecule has 160 valence electrons. The number of carbonyl (C=O) groups excluding carboxylic acids is 2. The van der Waals surface area contributed by atoms with Gasteiger partial charge in [-0.15, -0.1) is 11.3 Å². The fourth-order valence-corrected chi connectivity index (χ4v) is 5.29. The molecule has 1 aliphatic heterocycles. The maximum absolute atomic E-state index is 12.8. The fraction of sp³-hybridized carbons (Fsp3) is 0.429. The number of likely N-dealkylation sites (tertiary alicyclic amines) is 1. The van der Waals surface area contributed by atoms with Gasteiger partial charge in [0, 0.05) is 25.6 Å². The minimum atomic E-state index is -4.40. The Hall–Kier alpha value is -2.06. The summed E-state index contributed by atoms with van der Waals surface area (Å²) in [6.45, 7) is 1.21. The van der Waals surface area contributed by atoms with Crippen LogP contribution in [0.15, 0.2) is 35.7 Å². The first kappa shape index (κ1) is 21.2. The van der Waals surface area contributed by atoms with E-state index < -0.39 is 11.7 Å². The van der Waals surface area contributed by atoms with Crippen LogP contribution < -0.4 is 5.32 Å². The number of piperidine rings is 1. The van der Waals surface area contributed by atoms with Gasteiger partial charge in [0.25, 0.3) is 5.91 Å². The molecular formula is C21H20ClF3N2O2S. The Morgan fingerprint density at radius 2 is 1.97 bits per heavy atom. The molecule has 0 bridgehead atoms. The van der Waals surface area contributed by atoms with Crippen LogP contribution in [-0.2, 0) is 17.5 Å². The number of alkyl halides is 3. The smallest absolute Gasteiger partial charge is 0.352 e. The molecule has 2 heterocycles. The largest absolute Gasteiger partial charge is 0.416 e. The molecule has 1 aromatic heterocycles. The summed E-state index contributed by atoms with van der Waals surface area (Å²) in [6, 6.07) is 6.69. The first-order valence-electron chi connectivity index (χ1n) is 9.66. The summed E-state index contributed by atoms with van der Waals surface area (Å²) in [5.74, 6) is -0.351. The van der Waals surface area contributed by atoms with Crippen LogP contribution in [0.5, 0.6) is 0 Å². The third-order valence-electron chi connectivity index (χ3n) is 6.09. The maximum Gasteiger partial charge on any atom is 0.416 e. The van der Waals surface area contributed by atoms with E-state index in [9.17, 15) is 22.8 Å². The first-order chi connectivity index (χ1) is 14.2. The van der Waals surface area contributed by atoms with Crippen LogP contribution in [0.2, 0.25) is 5.02 Å². The highest BCUT2D eigenvalue weighted by atomic mass is 35.5. The van der Waals surface area contributed by atoms with Crippen molar-refractivity contribution in [1.82, 2.24) is 10.2 Å². The molecule has 2 aliphatic rings. The topological polar surface area (TPSA) is 49.4 Å². The SMILES string of the molecule is O=C(NCc1cccc(C(F)(F)F)c1)[C@@H]1CC12CCN(C(=O)c1sccc1Cl)CC2. The van der Waals surface area contributed by atoms with Gasteiger partial charge in [-0.2, -0.15) is 13.2 Å². The van der Waals surface area contributed by atoms with Crippen LogP contribution in [0.4, 0.5) is 13.2 Å². The number of hydrogen-bond acceptors (Lipinski definition) is 3. The Kier molecular flexibility index (Phi) is 5.57. The number of amides is 2. The van der Waals surface area contributed by atoms with Crippen molar-refractivity contribution < 1.29 is 22.8 Å². The quantitative estimate of drug-likeness (QED) is 0.705. The predicted molar refractivity (Wildman–Crippen MR) is 108 cm³/mol. The minimum absolute atomic E-state index is 0.0663. The number of carbonyl (C=O) groups is 2. The van der Waals surface area contributed by atoms with Crippen molar-refractivity contribution in [2.75, 3.05) is 13.1 Å². The van der Waals surface area contributed by atoms with Gasteiger partial charge in [-0.3, -0.25) is 9.59 Å². The summed E-state index contributed by atoms with van der Waals surface area (Å²) in [6.07, 6.45) is -2.17. The van der Waals surface area contributed by atoms with Gasteiger partial charge in [0.15, 0.2) is 0 Å². The monoisotopic (exact) mass is 456 g/mol. The van der Waals surface area contributed by atoms with Gasteiger partial charge in [-0.25, -0.2) is 0 Å². The molecule has 0 unspecified atom stereocenters. The third kappa shape index (κ3) is 4.21. The number of rotatable bonds is 4. The van der Waals surface area contributed by atoms with Gasteiger partial charge in [0.2, 0.25) is 5.91 Å². The van der Waals surface area contributed by atoms with E-state index in [-0.39, 0.29) is 29.7 Å². The van der Waals surface area contributed by atoms with Gasteiger partial charge in [-0.1, -0.05) is 23.7 Å². The Bertz CT molecular complexity index is 967. The lowest BCUT2D eigenvalue weighted by atomic mass is 9.90. The summed E-state index contributed by atoms with van der Waals surface area (Å²) in [5.41, 5.74) is -0.408. The van der Waals surface area contributed by atoms with Gasteiger partial charge in [0.05, 0.1) is 10.6 Å². The summed E-state index contributed by atoms with van der Waals surface area (Å²) in [7, 11) is 0. The first-order valence-corrected chi connectivity index (χ1v) is 10.9. The molecule has 2 aromatic rings. The lowest BCUT2D eigenvalue weighted by Crippen LogP contribution is -2.40. The molecule has 4 nitrogen and oxygen atoms in total. The number of benzene rings is 1. The molecular weight excluding hydrogens is 437 g/mol. The van der Waals surface area contributed by atoms with Gasteiger partial charge < -0.3 is 10.2 Å². The van der Waals surface area contributed by atoms with Crippen molar-refractivity contribution in [3.05, 3.63) is 56.7 Å². The molecule has 1 N–H and O–H groups in total. The maximum atomic E-state index is 12.8. The molecule has 30 heavy (non-hydrogen) atoms. The van der Waals surface area contributed by atoms with E-state index in [1.807, 2.05) is 0 Å². The number of nitrogens with one attached hydrogen (secondary N) is 1.